The lowest BCUT2D eigenvalue weighted by atomic mass is 10.2. The van der Waals surface area contributed by atoms with Gasteiger partial charge in [-0.05, 0) is 25.5 Å². The van der Waals surface area contributed by atoms with Gasteiger partial charge in [-0.1, -0.05) is 6.92 Å². The second kappa shape index (κ2) is 10.2. The van der Waals surface area contributed by atoms with Crippen molar-refractivity contribution in [1.82, 2.24) is 14.1 Å². The molecule has 0 spiro atoms. The van der Waals surface area contributed by atoms with Crippen molar-refractivity contribution in [1.29, 1.82) is 0 Å². The highest BCUT2D eigenvalue weighted by Gasteiger charge is 2.35. The molecule has 15 heteroatoms. The number of carbonyl (C=O) groups excluding carboxylic acids is 1. The third-order valence-corrected chi connectivity index (χ3v) is 5.11. The van der Waals surface area contributed by atoms with Crippen LogP contribution in [0.15, 0.2) is 46.1 Å². The Kier molecular flexibility index (Phi) is 7.45. The Hall–Kier alpha value is -4.56. The van der Waals surface area contributed by atoms with Crippen LogP contribution in [0.4, 0.5) is 23.2 Å². The maximum Gasteiger partial charge on any atom is 0.431 e. The summed E-state index contributed by atoms with van der Waals surface area (Å²) in [4.78, 5) is 51.2. The Morgan fingerprint density at radius 2 is 1.89 bits per heavy atom. The van der Waals surface area contributed by atoms with E-state index in [1.165, 1.54) is 25.3 Å². The molecule has 0 saturated heterocycles. The van der Waals surface area contributed by atoms with Gasteiger partial charge in [-0.2, -0.15) is 13.2 Å². The number of Topliss-reactive ketones (excluding diaryl/α,β-unsaturated/α-hetero) is 1. The number of nitrogens with zero attached hydrogens (tertiary/aromatic N) is 4. The molecule has 0 fully saturated rings. The smallest absolute Gasteiger partial charge is 0.431 e. The van der Waals surface area contributed by atoms with Crippen LogP contribution in [0, 0.1) is 15.9 Å². The fourth-order valence-corrected chi connectivity index (χ4v) is 3.30. The molecule has 196 valence electrons. The number of hydrogen-bond donors (Lipinski definition) is 0. The van der Waals surface area contributed by atoms with Crippen LogP contribution in [-0.4, -0.2) is 30.9 Å². The first-order chi connectivity index (χ1) is 17.3. The molecule has 0 aliphatic carbocycles. The number of alkyl halides is 3. The highest BCUT2D eigenvalue weighted by atomic mass is 19.4. The number of halogens is 4. The molecule has 0 radical (unpaired) electrons. The van der Waals surface area contributed by atoms with Crippen LogP contribution in [0.1, 0.15) is 26.0 Å². The topological polar surface area (TPSA) is 136 Å². The molecule has 2 heterocycles. The van der Waals surface area contributed by atoms with Crippen molar-refractivity contribution in [2.45, 2.75) is 32.5 Å². The molecule has 1 atom stereocenters. The number of benzene rings is 1. The summed E-state index contributed by atoms with van der Waals surface area (Å²) in [5.74, 6) is -2.97. The van der Waals surface area contributed by atoms with Crippen LogP contribution in [0.2, 0.25) is 0 Å². The predicted molar refractivity (Wildman–Crippen MR) is 119 cm³/mol. The fraction of sp³-hybridized carbons (Fsp3) is 0.273. The molecule has 2 aromatic heterocycles. The number of nitro benzene ring substituents is 1. The lowest BCUT2D eigenvalue weighted by Crippen LogP contribution is -2.41. The fourth-order valence-electron chi connectivity index (χ4n) is 3.30. The van der Waals surface area contributed by atoms with Crippen molar-refractivity contribution in [2.75, 3.05) is 0 Å². The maximum atomic E-state index is 14.9. The first-order valence-electron chi connectivity index (χ1n) is 10.4. The van der Waals surface area contributed by atoms with Crippen molar-refractivity contribution in [3.63, 3.8) is 0 Å². The Bertz CT molecular complexity index is 1500. The molecule has 3 rings (SSSR count). The van der Waals surface area contributed by atoms with Gasteiger partial charge in [0.15, 0.2) is 23.5 Å². The van der Waals surface area contributed by atoms with Crippen LogP contribution in [0.3, 0.4) is 0 Å². The summed E-state index contributed by atoms with van der Waals surface area (Å²) in [6.07, 6.45) is -4.44. The van der Waals surface area contributed by atoms with Crippen molar-refractivity contribution < 1.29 is 36.8 Å². The molecule has 11 nitrogen and oxygen atoms in total. The van der Waals surface area contributed by atoms with Gasteiger partial charge in [0.1, 0.15) is 5.69 Å². The van der Waals surface area contributed by atoms with Gasteiger partial charge >= 0.3 is 17.6 Å². The standard InChI is InChI=1S/C22H18F4N4O7/c1-4-15(11(2)31)37-20-16(6-5-7-27-20)36-17-9-13(12(23)8-14(17)30(34)35)29-19(32)10-18(22(24,25)26)28(3)21(29)33/h5-10,15H,4H2,1-3H3. The molecule has 37 heavy (non-hydrogen) atoms. The van der Waals surface area contributed by atoms with E-state index in [4.69, 9.17) is 9.47 Å². The second-order valence-electron chi connectivity index (χ2n) is 7.61. The molecule has 1 aromatic carbocycles. The van der Waals surface area contributed by atoms with Crippen LogP contribution in [0.25, 0.3) is 5.69 Å². The summed E-state index contributed by atoms with van der Waals surface area (Å²) in [6, 6.07) is 3.68. The molecule has 0 amide bonds. The molecular formula is C22H18F4N4O7. The normalized spacial score (nSPS) is 12.2. The number of ether oxygens (including phenoxy) is 2. The van der Waals surface area contributed by atoms with Gasteiger partial charge in [-0.3, -0.25) is 24.3 Å². The third kappa shape index (κ3) is 5.49. The minimum absolute atomic E-state index is 0.0741. The number of carbonyl (C=O) groups is 1. The number of ketones is 1. The van der Waals surface area contributed by atoms with E-state index in [-0.39, 0.29) is 39.0 Å². The number of hydrogen-bond acceptors (Lipinski definition) is 8. The summed E-state index contributed by atoms with van der Waals surface area (Å²) in [5.41, 5.74) is -6.51. The summed E-state index contributed by atoms with van der Waals surface area (Å²) >= 11 is 0. The molecule has 0 N–H and O–H groups in total. The summed E-state index contributed by atoms with van der Waals surface area (Å²) in [5, 5.41) is 11.6. The second-order valence-corrected chi connectivity index (χ2v) is 7.61. The number of aromatic nitrogens is 3. The van der Waals surface area contributed by atoms with Crippen molar-refractivity contribution >= 4 is 11.5 Å². The molecular weight excluding hydrogens is 508 g/mol. The van der Waals surface area contributed by atoms with Crippen LogP contribution in [-0.2, 0) is 18.0 Å². The summed E-state index contributed by atoms with van der Waals surface area (Å²) < 4.78 is 65.5. The zero-order valence-corrected chi connectivity index (χ0v) is 19.4. The Labute approximate surface area is 204 Å². The van der Waals surface area contributed by atoms with E-state index in [1.54, 1.807) is 6.92 Å². The van der Waals surface area contributed by atoms with Crippen molar-refractivity contribution in [2.24, 2.45) is 7.05 Å². The first kappa shape index (κ1) is 27.0. The SMILES string of the molecule is CCC(Oc1ncccc1Oc1cc(-n2c(=O)cc(C(F)(F)F)n(C)c2=O)c(F)cc1[N+](=O)[O-])C(C)=O. The van der Waals surface area contributed by atoms with Gasteiger partial charge in [-0.25, -0.2) is 18.7 Å². The number of nitro groups is 1. The predicted octanol–water partition coefficient (Wildman–Crippen LogP) is 3.54. The summed E-state index contributed by atoms with van der Waals surface area (Å²) in [6.45, 7) is 2.94. The average molecular weight is 526 g/mol. The molecule has 0 saturated carbocycles. The minimum atomic E-state index is -5.05. The zero-order chi connectivity index (χ0) is 27.7. The molecule has 0 aliphatic rings. The Morgan fingerprint density at radius 3 is 2.46 bits per heavy atom. The van der Waals surface area contributed by atoms with E-state index in [2.05, 4.69) is 4.98 Å². The van der Waals surface area contributed by atoms with Gasteiger partial charge in [0.2, 0.25) is 5.75 Å². The van der Waals surface area contributed by atoms with Crippen LogP contribution in [0.5, 0.6) is 17.4 Å². The summed E-state index contributed by atoms with van der Waals surface area (Å²) in [7, 11) is 0.722. The molecule has 0 bridgehead atoms. The average Bonchev–Trinajstić information content (AvgIpc) is 2.81. The van der Waals surface area contributed by atoms with E-state index >= 15 is 0 Å². The van der Waals surface area contributed by atoms with E-state index in [0.717, 1.165) is 7.05 Å². The van der Waals surface area contributed by atoms with E-state index in [0.29, 0.717) is 12.1 Å². The number of pyridine rings is 1. The van der Waals surface area contributed by atoms with Crippen molar-refractivity contribution in [3.05, 3.63) is 79.0 Å². The van der Waals surface area contributed by atoms with E-state index in [9.17, 15) is 42.1 Å². The molecule has 3 aromatic rings. The maximum absolute atomic E-state index is 14.9. The lowest BCUT2D eigenvalue weighted by Gasteiger charge is -2.17. The highest BCUT2D eigenvalue weighted by molar-refractivity contribution is 5.80. The first-order valence-corrected chi connectivity index (χ1v) is 10.4. The van der Waals surface area contributed by atoms with Gasteiger partial charge in [-0.15, -0.1) is 0 Å². The van der Waals surface area contributed by atoms with Crippen molar-refractivity contribution in [3.8, 4) is 23.1 Å². The van der Waals surface area contributed by atoms with Gasteiger partial charge < -0.3 is 9.47 Å². The quantitative estimate of drug-likeness (QED) is 0.247. The van der Waals surface area contributed by atoms with Gasteiger partial charge in [0, 0.05) is 25.4 Å². The van der Waals surface area contributed by atoms with Crippen LogP contribution >= 0.6 is 0 Å². The Balaban J connectivity index is 2.20. The zero-order valence-electron chi connectivity index (χ0n) is 19.4. The van der Waals surface area contributed by atoms with Gasteiger partial charge in [0.25, 0.3) is 11.4 Å². The van der Waals surface area contributed by atoms with Gasteiger partial charge in [0.05, 0.1) is 16.7 Å². The molecule has 1 unspecified atom stereocenters. The minimum Gasteiger partial charge on any atom is -0.464 e. The highest BCUT2D eigenvalue weighted by Crippen LogP contribution is 2.38. The number of rotatable bonds is 8. The van der Waals surface area contributed by atoms with Crippen LogP contribution < -0.4 is 20.7 Å². The molecule has 0 aliphatic heterocycles. The Morgan fingerprint density at radius 1 is 1.22 bits per heavy atom. The van der Waals surface area contributed by atoms with E-state index in [1.807, 2.05) is 0 Å². The largest absolute Gasteiger partial charge is 0.464 e. The third-order valence-electron chi connectivity index (χ3n) is 5.11. The monoisotopic (exact) mass is 526 g/mol. The van der Waals surface area contributed by atoms with E-state index < -0.39 is 57.1 Å². The lowest BCUT2D eigenvalue weighted by molar-refractivity contribution is -0.385.